The molecule has 0 unspecified atom stereocenters. The number of rotatable bonds is 5. The summed E-state index contributed by atoms with van der Waals surface area (Å²) in [5.74, 6) is 0.726. The first-order valence-electron chi connectivity index (χ1n) is 4.67. The normalized spacial score (nSPS) is 11.1. The molecule has 1 rings (SSSR count). The summed E-state index contributed by atoms with van der Waals surface area (Å²) in [6.45, 7) is 5.42. The van der Waals surface area contributed by atoms with Crippen molar-refractivity contribution in [2.45, 2.75) is 33.2 Å². The zero-order chi connectivity index (χ0) is 9.68. The lowest BCUT2D eigenvalue weighted by Gasteiger charge is -2.02. The summed E-state index contributed by atoms with van der Waals surface area (Å²) in [5, 5.41) is 9.07. The van der Waals surface area contributed by atoms with Crippen molar-refractivity contribution < 1.29 is 0 Å². The van der Waals surface area contributed by atoms with Crippen LogP contribution in [0, 0.1) is 5.92 Å². The minimum absolute atomic E-state index is 0.726. The zero-order valence-corrected chi connectivity index (χ0v) is 9.79. The van der Waals surface area contributed by atoms with E-state index < -0.39 is 0 Å². The van der Waals surface area contributed by atoms with Crippen molar-refractivity contribution in [3.63, 3.8) is 0 Å². The predicted octanol–water partition coefficient (Wildman–Crippen LogP) is 2.26. The Morgan fingerprint density at radius 3 is 2.92 bits per heavy atom. The maximum atomic E-state index is 4.07. The Morgan fingerprint density at radius 2 is 2.31 bits per heavy atom. The summed E-state index contributed by atoms with van der Waals surface area (Å²) in [6, 6.07) is 0. The van der Waals surface area contributed by atoms with E-state index in [0.717, 1.165) is 36.3 Å². The highest BCUT2D eigenvalue weighted by Crippen LogP contribution is 2.03. The SMILES string of the molecule is CC(C)CCn1cc(CCBr)nn1. The molecule has 1 aromatic heterocycles. The fourth-order valence-corrected chi connectivity index (χ4v) is 1.46. The molecule has 0 aliphatic heterocycles. The first-order valence-corrected chi connectivity index (χ1v) is 5.79. The molecule has 13 heavy (non-hydrogen) atoms. The molecule has 0 fully saturated rings. The number of nitrogens with zero attached hydrogens (tertiary/aromatic N) is 3. The minimum Gasteiger partial charge on any atom is -0.252 e. The second kappa shape index (κ2) is 5.37. The Bertz CT molecular complexity index is 245. The van der Waals surface area contributed by atoms with Crippen LogP contribution in [0.5, 0.6) is 0 Å². The third-order valence-electron chi connectivity index (χ3n) is 1.87. The summed E-state index contributed by atoms with van der Waals surface area (Å²) in [6.07, 6.45) is 4.16. The van der Waals surface area contributed by atoms with Gasteiger partial charge in [0.25, 0.3) is 0 Å². The first kappa shape index (κ1) is 10.7. The Kier molecular flexibility index (Phi) is 4.42. The molecule has 0 radical (unpaired) electrons. The van der Waals surface area contributed by atoms with Gasteiger partial charge in [0.05, 0.1) is 5.69 Å². The fourth-order valence-electron chi connectivity index (χ4n) is 1.05. The van der Waals surface area contributed by atoms with E-state index in [0.29, 0.717) is 0 Å². The highest BCUT2D eigenvalue weighted by Gasteiger charge is 2.00. The predicted molar refractivity (Wildman–Crippen MR) is 57.0 cm³/mol. The molecule has 0 aliphatic rings. The van der Waals surface area contributed by atoms with Crippen LogP contribution in [0.15, 0.2) is 6.20 Å². The average molecular weight is 246 g/mol. The summed E-state index contributed by atoms with van der Waals surface area (Å²) < 4.78 is 1.93. The van der Waals surface area contributed by atoms with Gasteiger partial charge in [-0.25, -0.2) is 0 Å². The summed E-state index contributed by atoms with van der Waals surface area (Å²) in [4.78, 5) is 0. The Morgan fingerprint density at radius 1 is 1.54 bits per heavy atom. The smallest absolute Gasteiger partial charge is 0.0835 e. The zero-order valence-electron chi connectivity index (χ0n) is 8.20. The van der Waals surface area contributed by atoms with Crippen molar-refractivity contribution >= 4 is 15.9 Å². The van der Waals surface area contributed by atoms with Crippen LogP contribution in [-0.4, -0.2) is 20.3 Å². The van der Waals surface area contributed by atoms with Crippen LogP contribution < -0.4 is 0 Å². The van der Waals surface area contributed by atoms with Crippen molar-refractivity contribution in [2.24, 2.45) is 5.92 Å². The molecule has 0 amide bonds. The number of aromatic nitrogens is 3. The van der Waals surface area contributed by atoms with Gasteiger partial charge >= 0.3 is 0 Å². The van der Waals surface area contributed by atoms with Crippen LogP contribution in [-0.2, 0) is 13.0 Å². The molecule has 0 N–H and O–H groups in total. The lowest BCUT2D eigenvalue weighted by Crippen LogP contribution is -2.01. The lowest BCUT2D eigenvalue weighted by molar-refractivity contribution is 0.478. The molecule has 0 saturated carbocycles. The van der Waals surface area contributed by atoms with Crippen molar-refractivity contribution in [3.05, 3.63) is 11.9 Å². The molecule has 0 bridgehead atoms. The molecule has 3 nitrogen and oxygen atoms in total. The molecule has 0 aromatic carbocycles. The number of aryl methyl sites for hydroxylation is 2. The topological polar surface area (TPSA) is 30.7 Å². The first-order chi connectivity index (χ1) is 6.22. The number of hydrogen-bond donors (Lipinski definition) is 0. The van der Waals surface area contributed by atoms with Gasteiger partial charge < -0.3 is 0 Å². The van der Waals surface area contributed by atoms with Crippen LogP contribution in [0.4, 0.5) is 0 Å². The van der Waals surface area contributed by atoms with Crippen molar-refractivity contribution in [3.8, 4) is 0 Å². The van der Waals surface area contributed by atoms with Crippen LogP contribution in [0.3, 0.4) is 0 Å². The third kappa shape index (κ3) is 3.89. The van der Waals surface area contributed by atoms with Gasteiger partial charge in [0, 0.05) is 24.5 Å². The van der Waals surface area contributed by atoms with Gasteiger partial charge in [-0.3, -0.25) is 4.68 Å². The average Bonchev–Trinajstić information content (AvgIpc) is 2.50. The van der Waals surface area contributed by atoms with Crippen LogP contribution >= 0.6 is 15.9 Å². The standard InChI is InChI=1S/C9H16BrN3/c1-8(2)4-6-13-7-9(3-5-10)11-12-13/h7-8H,3-6H2,1-2H3. The molecule has 1 heterocycles. The van der Waals surface area contributed by atoms with E-state index in [-0.39, 0.29) is 0 Å². The van der Waals surface area contributed by atoms with Gasteiger partial charge in [-0.15, -0.1) is 5.10 Å². The Hall–Kier alpha value is -0.380. The van der Waals surface area contributed by atoms with E-state index in [1.165, 1.54) is 0 Å². The molecule has 74 valence electrons. The number of halogens is 1. The Balaban J connectivity index is 2.39. The Labute approximate surface area is 87.6 Å². The quantitative estimate of drug-likeness (QED) is 0.746. The van der Waals surface area contributed by atoms with E-state index in [1.807, 2.05) is 10.9 Å². The van der Waals surface area contributed by atoms with Gasteiger partial charge in [0.15, 0.2) is 0 Å². The molecular weight excluding hydrogens is 230 g/mol. The van der Waals surface area contributed by atoms with Gasteiger partial charge in [0.2, 0.25) is 0 Å². The maximum absolute atomic E-state index is 4.07. The van der Waals surface area contributed by atoms with E-state index in [9.17, 15) is 0 Å². The largest absolute Gasteiger partial charge is 0.252 e. The second-order valence-corrected chi connectivity index (χ2v) is 4.39. The molecule has 1 aromatic rings. The minimum atomic E-state index is 0.726. The van der Waals surface area contributed by atoms with Gasteiger partial charge in [-0.1, -0.05) is 35.0 Å². The summed E-state index contributed by atoms with van der Waals surface area (Å²) in [5.41, 5.74) is 1.07. The molecule has 0 saturated heterocycles. The number of hydrogen-bond acceptors (Lipinski definition) is 2. The third-order valence-corrected chi connectivity index (χ3v) is 2.27. The lowest BCUT2D eigenvalue weighted by atomic mass is 10.1. The fraction of sp³-hybridized carbons (Fsp3) is 0.778. The van der Waals surface area contributed by atoms with Crippen molar-refractivity contribution in [1.82, 2.24) is 15.0 Å². The van der Waals surface area contributed by atoms with E-state index in [4.69, 9.17) is 0 Å². The van der Waals surface area contributed by atoms with E-state index in [2.05, 4.69) is 40.1 Å². The van der Waals surface area contributed by atoms with Gasteiger partial charge in [-0.2, -0.15) is 0 Å². The van der Waals surface area contributed by atoms with Gasteiger partial charge in [0.1, 0.15) is 0 Å². The summed E-state index contributed by atoms with van der Waals surface area (Å²) >= 11 is 3.38. The van der Waals surface area contributed by atoms with Crippen LogP contribution in [0.2, 0.25) is 0 Å². The van der Waals surface area contributed by atoms with Crippen molar-refractivity contribution in [1.29, 1.82) is 0 Å². The number of alkyl halides is 1. The highest BCUT2D eigenvalue weighted by molar-refractivity contribution is 9.09. The monoisotopic (exact) mass is 245 g/mol. The summed E-state index contributed by atoms with van der Waals surface area (Å²) in [7, 11) is 0. The second-order valence-electron chi connectivity index (χ2n) is 3.59. The van der Waals surface area contributed by atoms with E-state index >= 15 is 0 Å². The van der Waals surface area contributed by atoms with Crippen molar-refractivity contribution in [2.75, 3.05) is 5.33 Å². The van der Waals surface area contributed by atoms with E-state index in [1.54, 1.807) is 0 Å². The molecule has 0 aliphatic carbocycles. The maximum Gasteiger partial charge on any atom is 0.0835 e. The molecular formula is C9H16BrN3. The molecule has 4 heteroatoms. The molecule has 0 atom stereocenters. The van der Waals surface area contributed by atoms with Gasteiger partial charge in [-0.05, 0) is 12.3 Å². The van der Waals surface area contributed by atoms with Crippen LogP contribution in [0.25, 0.3) is 0 Å². The molecule has 0 spiro atoms. The van der Waals surface area contributed by atoms with Crippen LogP contribution in [0.1, 0.15) is 26.0 Å². The highest BCUT2D eigenvalue weighted by atomic mass is 79.9.